The van der Waals surface area contributed by atoms with Gasteiger partial charge in [-0.3, -0.25) is 14.4 Å². The molecule has 0 aromatic carbocycles. The van der Waals surface area contributed by atoms with E-state index < -0.39 is 6.10 Å². The van der Waals surface area contributed by atoms with E-state index >= 15 is 0 Å². The molecule has 0 amide bonds. The topological polar surface area (TPSA) is 78.9 Å². The van der Waals surface area contributed by atoms with Gasteiger partial charge in [0, 0.05) is 19.3 Å². The average Bonchev–Trinajstić information content (AvgIpc) is 3.47. The highest BCUT2D eigenvalue weighted by atomic mass is 16.6. The molecule has 0 saturated carbocycles. The van der Waals surface area contributed by atoms with E-state index in [4.69, 9.17) is 14.2 Å². The van der Waals surface area contributed by atoms with Crippen LogP contribution in [0.1, 0.15) is 316 Å². The van der Waals surface area contributed by atoms with Crippen molar-refractivity contribution in [2.75, 3.05) is 13.2 Å². The van der Waals surface area contributed by atoms with Gasteiger partial charge < -0.3 is 14.2 Å². The number of hydrogen-bond acceptors (Lipinski definition) is 6. The average molecular weight is 1120 g/mol. The summed E-state index contributed by atoms with van der Waals surface area (Å²) in [5.41, 5.74) is 0. The second-order valence-electron chi connectivity index (χ2n) is 22.4. The highest BCUT2D eigenvalue weighted by Gasteiger charge is 2.19. The first-order valence-corrected chi connectivity index (χ1v) is 34.0. The van der Waals surface area contributed by atoms with Crippen molar-refractivity contribution < 1.29 is 28.6 Å². The number of hydrogen-bond donors (Lipinski definition) is 0. The summed E-state index contributed by atoms with van der Waals surface area (Å²) in [6.45, 7) is 6.49. The molecule has 0 fully saturated rings. The van der Waals surface area contributed by atoms with Crippen LogP contribution < -0.4 is 0 Å². The first-order valence-electron chi connectivity index (χ1n) is 34.0. The molecule has 0 aromatic heterocycles. The van der Waals surface area contributed by atoms with Gasteiger partial charge in [-0.25, -0.2) is 0 Å². The Balaban J connectivity index is 4.25. The number of ether oxygens (including phenoxy) is 3. The second-order valence-corrected chi connectivity index (χ2v) is 22.4. The fourth-order valence-corrected chi connectivity index (χ4v) is 9.37. The Kier molecular flexibility index (Phi) is 64.8. The third kappa shape index (κ3) is 66.5. The molecule has 0 radical (unpaired) electrons. The SMILES string of the molecule is CC/C=C\C/C=C\C/C=C\C/C=C\C/C=C\C/C=C\C/C=C\CCCCCC(=O)OC(COC(=O)CCCCCCCCCCC)COC(=O)CCCCCCCCCCCCCCCC/C=C\C/C=C\C/C=C\CCCCCCC. The van der Waals surface area contributed by atoms with Crippen LogP contribution in [0.15, 0.2) is 122 Å². The lowest BCUT2D eigenvalue weighted by Crippen LogP contribution is -2.30. The van der Waals surface area contributed by atoms with E-state index in [9.17, 15) is 14.4 Å². The van der Waals surface area contributed by atoms with Gasteiger partial charge in [-0.1, -0.05) is 303 Å². The lowest BCUT2D eigenvalue weighted by atomic mass is 10.0. The highest BCUT2D eigenvalue weighted by Crippen LogP contribution is 2.16. The van der Waals surface area contributed by atoms with E-state index in [-0.39, 0.29) is 37.5 Å². The molecule has 1 unspecified atom stereocenters. The van der Waals surface area contributed by atoms with Gasteiger partial charge in [-0.05, 0) is 116 Å². The molecule has 0 bridgehead atoms. The van der Waals surface area contributed by atoms with Crippen molar-refractivity contribution >= 4 is 17.9 Å². The molecule has 6 nitrogen and oxygen atoms in total. The summed E-state index contributed by atoms with van der Waals surface area (Å²) in [7, 11) is 0. The molecule has 0 N–H and O–H groups in total. The summed E-state index contributed by atoms with van der Waals surface area (Å²) in [5, 5.41) is 0. The minimum absolute atomic E-state index is 0.0916. The Morgan fingerprint density at radius 3 is 0.765 bits per heavy atom. The van der Waals surface area contributed by atoms with E-state index in [0.29, 0.717) is 12.8 Å². The van der Waals surface area contributed by atoms with E-state index in [1.165, 1.54) is 154 Å². The van der Waals surface area contributed by atoms with Gasteiger partial charge in [0.15, 0.2) is 6.10 Å². The highest BCUT2D eigenvalue weighted by molar-refractivity contribution is 5.71. The maximum atomic E-state index is 12.9. The first-order chi connectivity index (χ1) is 40.0. The molecule has 0 heterocycles. The fourth-order valence-electron chi connectivity index (χ4n) is 9.37. The van der Waals surface area contributed by atoms with E-state index in [2.05, 4.69) is 142 Å². The summed E-state index contributed by atoms with van der Waals surface area (Å²) in [5.74, 6) is -0.921. The molecule has 0 rings (SSSR count). The van der Waals surface area contributed by atoms with Crippen LogP contribution in [0.5, 0.6) is 0 Å². The number of carbonyl (C=O) groups is 3. The standard InChI is InChI=1S/C75H126O6/c1-4-7-10-13-16-19-21-23-25-27-29-31-33-35-36-37-38-40-41-43-45-47-49-51-53-56-59-62-65-68-74(77)80-71-72(70-79-73(76)67-64-61-58-55-18-15-12-9-6-3)81-75(78)69-66-63-60-57-54-52-50-48-46-44-42-39-34-32-30-28-26-24-22-20-17-14-11-8-5-2/h8,11,17,20-21,23-24,26-27,29-30,32-33,35,39,42,46,48,52,54,72H,4-7,9-10,12-16,18-19,22,25,28,31,34,36-38,40-41,43-45,47,49-51,53,55-71H2,1-3H3/b11-8-,20-17-,23-21-,26-24-,29-27-,32-30-,35-33-,42-39-,48-46-,54-52-. The molecule has 0 aliphatic carbocycles. The minimum Gasteiger partial charge on any atom is -0.462 e. The van der Waals surface area contributed by atoms with Crippen LogP contribution in [0.25, 0.3) is 0 Å². The molecule has 0 spiro atoms. The van der Waals surface area contributed by atoms with Crippen LogP contribution in [-0.2, 0) is 28.6 Å². The molecule has 6 heteroatoms. The zero-order chi connectivity index (χ0) is 58.5. The van der Waals surface area contributed by atoms with Crippen molar-refractivity contribution in [2.24, 2.45) is 0 Å². The van der Waals surface area contributed by atoms with Crippen LogP contribution in [0.4, 0.5) is 0 Å². The van der Waals surface area contributed by atoms with Gasteiger partial charge >= 0.3 is 17.9 Å². The van der Waals surface area contributed by atoms with Gasteiger partial charge in [0.1, 0.15) is 13.2 Å². The number of carbonyl (C=O) groups excluding carboxylic acids is 3. The smallest absolute Gasteiger partial charge is 0.306 e. The molecule has 81 heavy (non-hydrogen) atoms. The van der Waals surface area contributed by atoms with Gasteiger partial charge in [-0.15, -0.1) is 0 Å². The quantitative estimate of drug-likeness (QED) is 0.0261. The van der Waals surface area contributed by atoms with E-state index in [0.717, 1.165) is 122 Å². The lowest BCUT2D eigenvalue weighted by molar-refractivity contribution is -0.167. The van der Waals surface area contributed by atoms with Crippen LogP contribution >= 0.6 is 0 Å². The Bertz CT molecular complexity index is 1670. The van der Waals surface area contributed by atoms with Crippen molar-refractivity contribution in [3.63, 3.8) is 0 Å². The van der Waals surface area contributed by atoms with Crippen LogP contribution in [0, 0.1) is 0 Å². The van der Waals surface area contributed by atoms with Crippen molar-refractivity contribution in [1.82, 2.24) is 0 Å². The zero-order valence-electron chi connectivity index (χ0n) is 53.0. The molecule has 1 atom stereocenters. The van der Waals surface area contributed by atoms with Crippen molar-refractivity contribution in [2.45, 2.75) is 322 Å². The summed E-state index contributed by atoms with van der Waals surface area (Å²) >= 11 is 0. The third-order valence-corrected chi connectivity index (χ3v) is 14.5. The molecule has 0 aliphatic rings. The Labute approximate surface area is 501 Å². The molecule has 0 aromatic rings. The van der Waals surface area contributed by atoms with Gasteiger partial charge in [0.05, 0.1) is 0 Å². The largest absolute Gasteiger partial charge is 0.462 e. The monoisotopic (exact) mass is 1120 g/mol. The molecule has 462 valence electrons. The summed E-state index contributed by atoms with van der Waals surface area (Å²) < 4.78 is 16.9. The maximum absolute atomic E-state index is 12.9. The second kappa shape index (κ2) is 68.3. The summed E-state index contributed by atoms with van der Waals surface area (Å²) in [6, 6.07) is 0. The predicted octanol–water partition coefficient (Wildman–Crippen LogP) is 23.6. The van der Waals surface area contributed by atoms with Crippen molar-refractivity contribution in [3.05, 3.63) is 122 Å². The zero-order valence-corrected chi connectivity index (χ0v) is 53.0. The van der Waals surface area contributed by atoms with Gasteiger partial charge in [0.25, 0.3) is 0 Å². The van der Waals surface area contributed by atoms with E-state index in [1.54, 1.807) is 0 Å². The summed E-state index contributed by atoms with van der Waals surface area (Å²) in [6.07, 6.45) is 95.1. The van der Waals surface area contributed by atoms with Gasteiger partial charge in [-0.2, -0.15) is 0 Å². The lowest BCUT2D eigenvalue weighted by Gasteiger charge is -2.18. The van der Waals surface area contributed by atoms with Crippen molar-refractivity contribution in [1.29, 1.82) is 0 Å². The molecular weight excluding hydrogens is 997 g/mol. The summed E-state index contributed by atoms with van der Waals surface area (Å²) in [4.78, 5) is 38.2. The maximum Gasteiger partial charge on any atom is 0.306 e. The number of esters is 3. The molecular formula is C75H126O6. The first kappa shape index (κ1) is 76.8. The number of allylic oxidation sites excluding steroid dienone is 20. The third-order valence-electron chi connectivity index (χ3n) is 14.5. The molecule has 0 saturated heterocycles. The number of rotatable bonds is 61. The normalized spacial score (nSPS) is 12.9. The van der Waals surface area contributed by atoms with Crippen molar-refractivity contribution in [3.8, 4) is 0 Å². The van der Waals surface area contributed by atoms with Gasteiger partial charge in [0.2, 0.25) is 0 Å². The number of unbranched alkanes of at least 4 members (excludes halogenated alkanes) is 30. The van der Waals surface area contributed by atoms with Crippen LogP contribution in [0.3, 0.4) is 0 Å². The minimum atomic E-state index is -0.798. The Morgan fingerprint density at radius 2 is 0.481 bits per heavy atom. The van der Waals surface area contributed by atoms with E-state index in [1.807, 2.05) is 0 Å². The molecule has 0 aliphatic heterocycles. The predicted molar refractivity (Wildman–Crippen MR) is 353 cm³/mol. The van der Waals surface area contributed by atoms with Crippen LogP contribution in [-0.4, -0.2) is 37.2 Å². The Morgan fingerprint density at radius 1 is 0.259 bits per heavy atom. The fraction of sp³-hybridized carbons (Fsp3) is 0.693. The Hall–Kier alpha value is -4.19. The van der Waals surface area contributed by atoms with Crippen LogP contribution in [0.2, 0.25) is 0 Å².